The van der Waals surface area contributed by atoms with Crippen LogP contribution in [0.5, 0.6) is 0 Å². The number of carbonyl (C=O) groups is 1. The summed E-state index contributed by atoms with van der Waals surface area (Å²) in [6.07, 6.45) is 2.41. The summed E-state index contributed by atoms with van der Waals surface area (Å²) in [6, 6.07) is 1.11. The quantitative estimate of drug-likeness (QED) is 0.927. The Morgan fingerprint density at radius 3 is 2.94 bits per heavy atom. The minimum absolute atomic E-state index is 0.00914. The highest BCUT2D eigenvalue weighted by Gasteiger charge is 2.16. The molecule has 0 radical (unpaired) electrons. The van der Waals surface area contributed by atoms with E-state index in [1.54, 1.807) is 0 Å². The van der Waals surface area contributed by atoms with Crippen molar-refractivity contribution >= 4 is 17.2 Å². The second-order valence-electron chi connectivity index (χ2n) is 3.88. The monoisotopic (exact) mass is 265 g/mol. The molecule has 2 heterocycles. The number of hydrogen-bond donors (Lipinski definition) is 1. The molecule has 0 saturated carbocycles. The van der Waals surface area contributed by atoms with Gasteiger partial charge in [-0.2, -0.15) is 0 Å². The Morgan fingerprint density at radius 2 is 2.33 bits per heavy atom. The maximum Gasteiger partial charge on any atom is 0.254 e. The van der Waals surface area contributed by atoms with Crippen LogP contribution in [0, 0.1) is 12.7 Å². The molecule has 1 atom stereocenters. The van der Waals surface area contributed by atoms with Crippen LogP contribution in [0.3, 0.4) is 0 Å². The molecule has 2 rings (SSSR count). The van der Waals surface area contributed by atoms with Gasteiger partial charge in [0.1, 0.15) is 5.01 Å². The molecule has 2 aromatic rings. The Kier molecular flexibility index (Phi) is 3.66. The van der Waals surface area contributed by atoms with Crippen LogP contribution in [0.15, 0.2) is 23.8 Å². The molecule has 94 valence electrons. The van der Waals surface area contributed by atoms with Crippen molar-refractivity contribution in [2.24, 2.45) is 0 Å². The number of nitrogens with zero attached hydrogens (tertiary/aromatic N) is 2. The molecule has 18 heavy (non-hydrogen) atoms. The summed E-state index contributed by atoms with van der Waals surface area (Å²) >= 11 is 1.47. The van der Waals surface area contributed by atoms with Crippen LogP contribution in [0.2, 0.25) is 0 Å². The fraction of sp³-hybridized carbons (Fsp3) is 0.250. The average Bonchev–Trinajstić information content (AvgIpc) is 2.76. The Bertz CT molecular complexity index is 570. The van der Waals surface area contributed by atoms with Gasteiger partial charge < -0.3 is 5.32 Å². The normalized spacial score (nSPS) is 12.2. The molecule has 0 aliphatic carbocycles. The summed E-state index contributed by atoms with van der Waals surface area (Å²) in [5, 5.41) is 5.42. The first-order valence-corrected chi connectivity index (χ1v) is 6.28. The largest absolute Gasteiger partial charge is 0.343 e. The van der Waals surface area contributed by atoms with E-state index in [2.05, 4.69) is 15.3 Å². The predicted octanol–water partition coefficient (Wildman–Crippen LogP) is 2.48. The minimum Gasteiger partial charge on any atom is -0.343 e. The van der Waals surface area contributed by atoms with E-state index in [1.807, 2.05) is 19.2 Å². The molecule has 0 aliphatic heterocycles. The topological polar surface area (TPSA) is 54.9 Å². The second-order valence-corrected chi connectivity index (χ2v) is 4.77. The fourth-order valence-electron chi connectivity index (χ4n) is 1.47. The van der Waals surface area contributed by atoms with Gasteiger partial charge in [-0.15, -0.1) is 11.3 Å². The summed E-state index contributed by atoms with van der Waals surface area (Å²) in [4.78, 5) is 19.7. The number of pyridine rings is 1. The molecule has 6 heteroatoms. The third-order valence-corrected chi connectivity index (χ3v) is 3.52. The SMILES string of the molecule is Cc1csc(C(C)NC(=O)c2ccncc2F)n1. The van der Waals surface area contributed by atoms with Crippen LogP contribution in [-0.4, -0.2) is 15.9 Å². The zero-order valence-corrected chi connectivity index (χ0v) is 10.8. The number of hydrogen-bond acceptors (Lipinski definition) is 4. The third-order valence-electron chi connectivity index (χ3n) is 2.37. The third kappa shape index (κ3) is 2.70. The molecule has 0 fully saturated rings. The van der Waals surface area contributed by atoms with E-state index in [9.17, 15) is 9.18 Å². The van der Waals surface area contributed by atoms with Crippen LogP contribution >= 0.6 is 11.3 Å². The van der Waals surface area contributed by atoms with Gasteiger partial charge in [0.15, 0.2) is 5.82 Å². The lowest BCUT2D eigenvalue weighted by molar-refractivity contribution is 0.0935. The number of amides is 1. The molecule has 4 nitrogen and oxygen atoms in total. The predicted molar refractivity (Wildman–Crippen MR) is 66.9 cm³/mol. The number of aryl methyl sites for hydroxylation is 1. The van der Waals surface area contributed by atoms with Gasteiger partial charge in [0.25, 0.3) is 5.91 Å². The number of thiazole rings is 1. The molecular formula is C12H12FN3OS. The molecule has 2 aromatic heterocycles. The van der Waals surface area contributed by atoms with Crippen LogP contribution in [0.1, 0.15) is 34.0 Å². The summed E-state index contributed by atoms with van der Waals surface area (Å²) in [6.45, 7) is 3.70. The Hall–Kier alpha value is -1.82. The van der Waals surface area contributed by atoms with E-state index in [4.69, 9.17) is 0 Å². The van der Waals surface area contributed by atoms with Crippen molar-refractivity contribution in [3.63, 3.8) is 0 Å². The summed E-state index contributed by atoms with van der Waals surface area (Å²) in [7, 11) is 0. The van der Waals surface area contributed by atoms with Gasteiger partial charge in [0, 0.05) is 17.3 Å². The maximum atomic E-state index is 13.4. The number of rotatable bonds is 3. The molecule has 0 aliphatic rings. The zero-order chi connectivity index (χ0) is 13.1. The van der Waals surface area contributed by atoms with E-state index in [1.165, 1.54) is 23.6 Å². The lowest BCUT2D eigenvalue weighted by atomic mass is 10.2. The number of halogens is 1. The highest BCUT2D eigenvalue weighted by Crippen LogP contribution is 2.18. The lowest BCUT2D eigenvalue weighted by Gasteiger charge is -2.11. The highest BCUT2D eigenvalue weighted by molar-refractivity contribution is 7.09. The average molecular weight is 265 g/mol. The van der Waals surface area contributed by atoms with Gasteiger partial charge in [-0.25, -0.2) is 9.37 Å². The first kappa shape index (κ1) is 12.6. The Balaban J connectivity index is 2.10. The van der Waals surface area contributed by atoms with Gasteiger partial charge in [-0.3, -0.25) is 9.78 Å². The van der Waals surface area contributed by atoms with Crippen molar-refractivity contribution in [1.29, 1.82) is 0 Å². The van der Waals surface area contributed by atoms with E-state index in [0.29, 0.717) is 0 Å². The van der Waals surface area contributed by atoms with Crippen molar-refractivity contribution in [1.82, 2.24) is 15.3 Å². The fourth-order valence-corrected chi connectivity index (χ4v) is 2.27. The highest BCUT2D eigenvalue weighted by atomic mass is 32.1. The number of aromatic nitrogens is 2. The summed E-state index contributed by atoms with van der Waals surface area (Å²) in [5.74, 6) is -1.09. The molecular weight excluding hydrogens is 253 g/mol. The molecule has 1 N–H and O–H groups in total. The second kappa shape index (κ2) is 5.22. The van der Waals surface area contributed by atoms with Crippen molar-refractivity contribution in [3.05, 3.63) is 45.9 Å². The Morgan fingerprint density at radius 1 is 1.56 bits per heavy atom. The van der Waals surface area contributed by atoms with Crippen LogP contribution in [0.25, 0.3) is 0 Å². The smallest absolute Gasteiger partial charge is 0.254 e. The van der Waals surface area contributed by atoms with Gasteiger partial charge >= 0.3 is 0 Å². The van der Waals surface area contributed by atoms with Crippen molar-refractivity contribution in [2.45, 2.75) is 19.9 Å². The van der Waals surface area contributed by atoms with Crippen molar-refractivity contribution < 1.29 is 9.18 Å². The molecule has 0 spiro atoms. The first-order chi connectivity index (χ1) is 8.58. The van der Waals surface area contributed by atoms with Crippen LogP contribution in [-0.2, 0) is 0 Å². The van der Waals surface area contributed by atoms with E-state index < -0.39 is 11.7 Å². The molecule has 0 aromatic carbocycles. The summed E-state index contributed by atoms with van der Waals surface area (Å²) < 4.78 is 13.4. The van der Waals surface area contributed by atoms with Crippen LogP contribution in [0.4, 0.5) is 4.39 Å². The molecule has 0 saturated heterocycles. The molecule has 1 amide bonds. The number of carbonyl (C=O) groups excluding carboxylic acids is 1. The molecule has 0 bridgehead atoms. The van der Waals surface area contributed by atoms with Crippen molar-refractivity contribution in [3.8, 4) is 0 Å². The first-order valence-electron chi connectivity index (χ1n) is 5.40. The molecule has 1 unspecified atom stereocenters. The van der Waals surface area contributed by atoms with Crippen molar-refractivity contribution in [2.75, 3.05) is 0 Å². The van der Waals surface area contributed by atoms with Gasteiger partial charge in [-0.05, 0) is 19.9 Å². The van der Waals surface area contributed by atoms with E-state index >= 15 is 0 Å². The van der Waals surface area contributed by atoms with Gasteiger partial charge in [0.05, 0.1) is 17.8 Å². The van der Waals surface area contributed by atoms with E-state index in [0.717, 1.165) is 16.9 Å². The summed E-state index contributed by atoms with van der Waals surface area (Å²) in [5.41, 5.74) is 0.899. The standard InChI is InChI=1S/C12H12FN3OS/c1-7-6-18-12(15-7)8(2)16-11(17)9-3-4-14-5-10(9)13/h3-6,8H,1-2H3,(H,16,17). The van der Waals surface area contributed by atoms with E-state index in [-0.39, 0.29) is 11.6 Å². The van der Waals surface area contributed by atoms with Gasteiger partial charge in [-0.1, -0.05) is 0 Å². The minimum atomic E-state index is -0.627. The maximum absolute atomic E-state index is 13.4. The zero-order valence-electron chi connectivity index (χ0n) is 9.98. The van der Waals surface area contributed by atoms with Crippen LogP contribution < -0.4 is 5.32 Å². The lowest BCUT2D eigenvalue weighted by Crippen LogP contribution is -2.27. The van der Waals surface area contributed by atoms with Gasteiger partial charge in [0.2, 0.25) is 0 Å². The number of nitrogens with one attached hydrogen (secondary N) is 1. The Labute approximate surface area is 108 Å².